The first-order valence-corrected chi connectivity index (χ1v) is 10.9. The molecule has 1 aromatic heterocycles. The summed E-state index contributed by atoms with van der Waals surface area (Å²) in [7, 11) is 3.14. The number of fused-ring (bicyclic) bond motifs is 1. The molecule has 0 radical (unpaired) electrons. The molecule has 176 valence electrons. The Morgan fingerprint density at radius 1 is 0.882 bits per heavy atom. The zero-order valence-electron chi connectivity index (χ0n) is 19.0. The lowest BCUT2D eigenvalue weighted by Gasteiger charge is -2.35. The number of methoxy groups -OCH3 is 2. The van der Waals surface area contributed by atoms with Crippen molar-refractivity contribution in [3.05, 3.63) is 48.5 Å². The molecular weight excluding hydrogens is 438 g/mol. The van der Waals surface area contributed by atoms with Gasteiger partial charge < -0.3 is 34.1 Å². The number of carbonyl (C=O) groups excluding carboxylic acids is 1. The summed E-state index contributed by atoms with van der Waals surface area (Å²) >= 11 is 0. The highest BCUT2D eigenvalue weighted by molar-refractivity contribution is 5.90. The van der Waals surface area contributed by atoms with Crippen molar-refractivity contribution in [2.75, 3.05) is 57.4 Å². The Morgan fingerprint density at radius 2 is 1.68 bits per heavy atom. The lowest BCUT2D eigenvalue weighted by molar-refractivity contribution is 0.174. The van der Waals surface area contributed by atoms with E-state index < -0.39 is 0 Å². The van der Waals surface area contributed by atoms with Gasteiger partial charge in [0.05, 0.1) is 19.9 Å². The minimum atomic E-state index is -0.156. The summed E-state index contributed by atoms with van der Waals surface area (Å²) in [6.07, 6.45) is 0. The van der Waals surface area contributed by atoms with Gasteiger partial charge in [0.2, 0.25) is 6.79 Å². The first kappa shape index (κ1) is 21.6. The molecule has 2 aliphatic heterocycles. The zero-order valence-corrected chi connectivity index (χ0v) is 19.0. The SMILES string of the molecule is COc1ccc(NC(=O)N2CCN(c3ccc(-c4ccc5c(c4)OCO5)nn3)CC2)cc1OC. The van der Waals surface area contributed by atoms with E-state index in [0.29, 0.717) is 49.1 Å². The molecule has 0 atom stereocenters. The van der Waals surface area contributed by atoms with E-state index in [1.807, 2.05) is 30.3 Å². The third-order valence-corrected chi connectivity index (χ3v) is 5.84. The number of nitrogens with zero attached hydrogens (tertiary/aromatic N) is 4. The maximum atomic E-state index is 12.7. The molecule has 0 bridgehead atoms. The van der Waals surface area contributed by atoms with E-state index in [1.165, 1.54) is 0 Å². The number of nitrogens with one attached hydrogen (secondary N) is 1. The molecule has 3 heterocycles. The van der Waals surface area contributed by atoms with Gasteiger partial charge in [-0.25, -0.2) is 4.79 Å². The van der Waals surface area contributed by atoms with Crippen LogP contribution in [0.4, 0.5) is 16.3 Å². The van der Waals surface area contributed by atoms with Gasteiger partial charge in [-0.1, -0.05) is 0 Å². The van der Waals surface area contributed by atoms with Crippen molar-refractivity contribution in [3.63, 3.8) is 0 Å². The molecule has 0 spiro atoms. The van der Waals surface area contributed by atoms with Crippen LogP contribution in [0.25, 0.3) is 11.3 Å². The normalized spacial score (nSPS) is 14.6. The summed E-state index contributed by atoms with van der Waals surface area (Å²) in [6, 6.07) is 14.7. The Hall–Kier alpha value is -4.21. The molecule has 2 aliphatic rings. The van der Waals surface area contributed by atoms with Crippen LogP contribution in [-0.2, 0) is 0 Å². The molecular formula is C24H25N5O5. The van der Waals surface area contributed by atoms with Gasteiger partial charge in [-0.05, 0) is 42.5 Å². The van der Waals surface area contributed by atoms with Gasteiger partial charge in [-0.3, -0.25) is 0 Å². The predicted octanol–water partition coefficient (Wildman–Crippen LogP) is 3.24. The average molecular weight is 463 g/mol. The minimum absolute atomic E-state index is 0.156. The molecule has 10 heteroatoms. The maximum absolute atomic E-state index is 12.7. The number of benzene rings is 2. The third kappa shape index (κ3) is 4.34. The van der Waals surface area contributed by atoms with Crippen LogP contribution in [0.5, 0.6) is 23.0 Å². The topological polar surface area (TPSA) is 98.3 Å². The van der Waals surface area contributed by atoms with E-state index in [1.54, 1.807) is 37.3 Å². The average Bonchev–Trinajstić information content (AvgIpc) is 3.37. The molecule has 2 amide bonds. The fraction of sp³-hybridized carbons (Fsp3) is 0.292. The van der Waals surface area contributed by atoms with Crippen molar-refractivity contribution >= 4 is 17.5 Å². The first-order valence-electron chi connectivity index (χ1n) is 10.9. The lowest BCUT2D eigenvalue weighted by Crippen LogP contribution is -2.50. The zero-order chi connectivity index (χ0) is 23.5. The van der Waals surface area contributed by atoms with E-state index in [-0.39, 0.29) is 12.8 Å². The van der Waals surface area contributed by atoms with Crippen molar-refractivity contribution in [2.45, 2.75) is 0 Å². The highest BCUT2D eigenvalue weighted by Gasteiger charge is 2.23. The number of piperazine rings is 1. The van der Waals surface area contributed by atoms with Gasteiger partial charge in [-0.2, -0.15) is 0 Å². The Labute approximate surface area is 197 Å². The van der Waals surface area contributed by atoms with Crippen LogP contribution in [0.15, 0.2) is 48.5 Å². The highest BCUT2D eigenvalue weighted by Crippen LogP contribution is 2.35. The van der Waals surface area contributed by atoms with E-state index in [4.69, 9.17) is 18.9 Å². The van der Waals surface area contributed by atoms with Gasteiger partial charge in [0.15, 0.2) is 28.8 Å². The number of hydrogen-bond donors (Lipinski definition) is 1. The second-order valence-electron chi connectivity index (χ2n) is 7.82. The number of urea groups is 1. The van der Waals surface area contributed by atoms with Gasteiger partial charge in [0, 0.05) is 43.5 Å². The molecule has 1 fully saturated rings. The maximum Gasteiger partial charge on any atom is 0.321 e. The smallest absolute Gasteiger partial charge is 0.321 e. The van der Waals surface area contributed by atoms with E-state index in [9.17, 15) is 4.79 Å². The minimum Gasteiger partial charge on any atom is -0.493 e. The fourth-order valence-electron chi connectivity index (χ4n) is 3.96. The highest BCUT2D eigenvalue weighted by atomic mass is 16.7. The third-order valence-electron chi connectivity index (χ3n) is 5.84. The van der Waals surface area contributed by atoms with Crippen LogP contribution < -0.4 is 29.2 Å². The Balaban J connectivity index is 1.18. The molecule has 10 nitrogen and oxygen atoms in total. The second kappa shape index (κ2) is 9.34. The van der Waals surface area contributed by atoms with Crippen LogP contribution in [0.2, 0.25) is 0 Å². The first-order chi connectivity index (χ1) is 16.6. The van der Waals surface area contributed by atoms with E-state index in [0.717, 1.165) is 22.8 Å². The number of rotatable bonds is 5. The van der Waals surface area contributed by atoms with Crippen molar-refractivity contribution < 1.29 is 23.7 Å². The van der Waals surface area contributed by atoms with Crippen LogP contribution in [0.1, 0.15) is 0 Å². The number of carbonyl (C=O) groups is 1. The number of anilines is 2. The molecule has 34 heavy (non-hydrogen) atoms. The lowest BCUT2D eigenvalue weighted by atomic mass is 10.1. The Morgan fingerprint density at radius 3 is 2.41 bits per heavy atom. The number of amides is 2. The standard InChI is InChI=1S/C24H25N5O5/c1-31-19-7-4-17(14-21(19)32-2)25-24(30)29-11-9-28(10-12-29)23-8-5-18(26-27-23)16-3-6-20-22(13-16)34-15-33-20/h3-8,13-14H,9-12,15H2,1-2H3,(H,25,30). The van der Waals surface area contributed by atoms with Gasteiger partial charge >= 0.3 is 6.03 Å². The summed E-state index contributed by atoms with van der Waals surface area (Å²) in [6.45, 7) is 2.71. The van der Waals surface area contributed by atoms with Crippen molar-refractivity contribution in [1.82, 2.24) is 15.1 Å². The van der Waals surface area contributed by atoms with E-state index >= 15 is 0 Å². The molecule has 2 aromatic carbocycles. The second-order valence-corrected chi connectivity index (χ2v) is 7.82. The summed E-state index contributed by atoms with van der Waals surface area (Å²) < 4.78 is 21.3. The molecule has 1 N–H and O–H groups in total. The van der Waals surface area contributed by atoms with Crippen molar-refractivity contribution in [1.29, 1.82) is 0 Å². The fourth-order valence-corrected chi connectivity index (χ4v) is 3.96. The van der Waals surface area contributed by atoms with Crippen LogP contribution in [0, 0.1) is 0 Å². The molecule has 1 saturated heterocycles. The predicted molar refractivity (Wildman–Crippen MR) is 126 cm³/mol. The molecule has 0 unspecified atom stereocenters. The largest absolute Gasteiger partial charge is 0.493 e. The number of ether oxygens (including phenoxy) is 4. The van der Waals surface area contributed by atoms with Crippen LogP contribution in [0.3, 0.4) is 0 Å². The van der Waals surface area contributed by atoms with Crippen LogP contribution >= 0.6 is 0 Å². The van der Waals surface area contributed by atoms with Crippen molar-refractivity contribution in [3.8, 4) is 34.3 Å². The molecule has 0 aliphatic carbocycles. The Kier molecular flexibility index (Phi) is 5.94. The Bertz CT molecular complexity index is 1180. The summed E-state index contributed by atoms with van der Waals surface area (Å²) in [5, 5.41) is 11.7. The summed E-state index contributed by atoms with van der Waals surface area (Å²) in [4.78, 5) is 16.6. The summed E-state index contributed by atoms with van der Waals surface area (Å²) in [5.41, 5.74) is 2.32. The van der Waals surface area contributed by atoms with Gasteiger partial charge in [-0.15, -0.1) is 10.2 Å². The molecule has 3 aromatic rings. The van der Waals surface area contributed by atoms with Crippen LogP contribution in [-0.4, -0.2) is 68.3 Å². The van der Waals surface area contributed by atoms with Crippen molar-refractivity contribution in [2.24, 2.45) is 0 Å². The monoisotopic (exact) mass is 463 g/mol. The van der Waals surface area contributed by atoms with E-state index in [2.05, 4.69) is 20.4 Å². The summed E-state index contributed by atoms with van der Waals surface area (Å²) in [5.74, 6) is 3.41. The number of aromatic nitrogens is 2. The quantitative estimate of drug-likeness (QED) is 0.616. The molecule has 0 saturated carbocycles. The van der Waals surface area contributed by atoms with Gasteiger partial charge in [0.25, 0.3) is 0 Å². The number of hydrogen-bond acceptors (Lipinski definition) is 8. The molecule has 5 rings (SSSR count). The van der Waals surface area contributed by atoms with Gasteiger partial charge in [0.1, 0.15) is 0 Å².